The zero-order valence-electron chi connectivity index (χ0n) is 15.0. The average molecular weight is 365 g/mol. The Hall–Kier alpha value is -3.13. The smallest absolute Gasteiger partial charge is 0.303 e. The third kappa shape index (κ3) is 4.17. The van der Waals surface area contributed by atoms with Gasteiger partial charge in [0.05, 0.1) is 17.8 Å². The molecular formula is C19H19N5O3. The van der Waals surface area contributed by atoms with Crippen LogP contribution in [0.5, 0.6) is 0 Å². The molecule has 0 saturated heterocycles. The first kappa shape index (κ1) is 17.3. The van der Waals surface area contributed by atoms with Gasteiger partial charge >= 0.3 is 5.97 Å². The molecule has 0 amide bonds. The van der Waals surface area contributed by atoms with Crippen molar-refractivity contribution in [2.24, 2.45) is 0 Å². The number of esters is 1. The van der Waals surface area contributed by atoms with Crippen molar-refractivity contribution >= 4 is 5.97 Å². The minimum Gasteiger partial charge on any atom is -0.461 e. The molecule has 0 atom stereocenters. The van der Waals surface area contributed by atoms with Crippen LogP contribution in [0, 0.1) is 0 Å². The van der Waals surface area contributed by atoms with E-state index in [4.69, 9.17) is 9.15 Å². The molecule has 0 spiro atoms. The topological polar surface area (TPSA) is 94.2 Å². The van der Waals surface area contributed by atoms with Crippen molar-refractivity contribution < 1.29 is 13.9 Å². The number of fused-ring (bicyclic) bond motifs is 1. The van der Waals surface area contributed by atoms with E-state index in [1.165, 1.54) is 13.3 Å². The van der Waals surface area contributed by atoms with Crippen LogP contribution in [0.2, 0.25) is 0 Å². The van der Waals surface area contributed by atoms with Crippen molar-refractivity contribution in [1.82, 2.24) is 24.8 Å². The number of furan rings is 1. The molecule has 4 rings (SSSR count). The van der Waals surface area contributed by atoms with Gasteiger partial charge in [0.1, 0.15) is 24.5 Å². The Labute approximate surface area is 156 Å². The second kappa shape index (κ2) is 7.63. The van der Waals surface area contributed by atoms with Gasteiger partial charge in [-0.05, 0) is 12.1 Å². The predicted octanol–water partition coefficient (Wildman–Crippen LogP) is 2.15. The fourth-order valence-electron chi connectivity index (χ4n) is 3.04. The molecule has 138 valence electrons. The maximum absolute atomic E-state index is 10.9. The molecule has 1 aliphatic heterocycles. The molecule has 8 nitrogen and oxygen atoms in total. The average Bonchev–Trinajstić information content (AvgIpc) is 3.14. The van der Waals surface area contributed by atoms with E-state index >= 15 is 0 Å². The summed E-state index contributed by atoms with van der Waals surface area (Å²) in [6.07, 6.45) is 7.65. The number of carbonyl (C=O) groups excluding carboxylic acids is 1. The molecule has 4 heterocycles. The first-order chi connectivity index (χ1) is 13.2. The van der Waals surface area contributed by atoms with Crippen LogP contribution in [0.1, 0.15) is 29.7 Å². The SMILES string of the molecule is CC(=O)OCc1ccc(CN2CCc3nc(-c4cncnc4)ncc3C2)o1. The van der Waals surface area contributed by atoms with Crippen molar-refractivity contribution in [2.75, 3.05) is 6.54 Å². The molecule has 8 heteroatoms. The van der Waals surface area contributed by atoms with Gasteiger partial charge in [0.2, 0.25) is 0 Å². The normalized spacial score (nSPS) is 14.0. The predicted molar refractivity (Wildman–Crippen MR) is 95.1 cm³/mol. The van der Waals surface area contributed by atoms with E-state index in [2.05, 4.69) is 24.8 Å². The summed E-state index contributed by atoms with van der Waals surface area (Å²) >= 11 is 0. The van der Waals surface area contributed by atoms with E-state index in [0.717, 1.165) is 42.1 Å². The minimum absolute atomic E-state index is 0.165. The Kier molecular flexibility index (Phi) is 4.88. The van der Waals surface area contributed by atoms with E-state index in [-0.39, 0.29) is 12.6 Å². The third-order valence-electron chi connectivity index (χ3n) is 4.35. The Morgan fingerprint density at radius 2 is 2.04 bits per heavy atom. The lowest BCUT2D eigenvalue weighted by Crippen LogP contribution is -2.30. The molecule has 0 fully saturated rings. The summed E-state index contributed by atoms with van der Waals surface area (Å²) in [6.45, 7) is 3.88. The molecule has 0 unspecified atom stereocenters. The molecule has 3 aromatic rings. The van der Waals surface area contributed by atoms with Crippen LogP contribution in [0.25, 0.3) is 11.4 Å². The molecule has 3 aromatic heterocycles. The summed E-state index contributed by atoms with van der Waals surface area (Å²) in [4.78, 5) is 30.3. The first-order valence-electron chi connectivity index (χ1n) is 8.71. The molecular weight excluding hydrogens is 346 g/mol. The number of nitrogens with zero attached hydrogens (tertiary/aromatic N) is 5. The summed E-state index contributed by atoms with van der Waals surface area (Å²) in [5.74, 6) is 1.83. The van der Waals surface area contributed by atoms with Gasteiger partial charge in [-0.2, -0.15) is 0 Å². The summed E-state index contributed by atoms with van der Waals surface area (Å²) in [5.41, 5.74) is 3.00. The lowest BCUT2D eigenvalue weighted by atomic mass is 10.1. The van der Waals surface area contributed by atoms with Gasteiger partial charge < -0.3 is 9.15 Å². The van der Waals surface area contributed by atoms with E-state index in [1.54, 1.807) is 12.4 Å². The molecule has 27 heavy (non-hydrogen) atoms. The highest BCUT2D eigenvalue weighted by atomic mass is 16.5. The number of rotatable bonds is 5. The monoisotopic (exact) mass is 365 g/mol. The molecule has 0 radical (unpaired) electrons. The van der Waals surface area contributed by atoms with Crippen LogP contribution in [-0.2, 0) is 35.6 Å². The molecule has 0 bridgehead atoms. The number of hydrogen-bond acceptors (Lipinski definition) is 8. The van der Waals surface area contributed by atoms with Crippen LogP contribution in [-0.4, -0.2) is 37.3 Å². The minimum atomic E-state index is -0.318. The highest BCUT2D eigenvalue weighted by molar-refractivity contribution is 5.65. The van der Waals surface area contributed by atoms with Crippen LogP contribution in [0.15, 0.2) is 41.5 Å². The second-order valence-electron chi connectivity index (χ2n) is 6.40. The number of aromatic nitrogens is 4. The molecule has 0 aliphatic carbocycles. The van der Waals surface area contributed by atoms with E-state index in [1.807, 2.05) is 18.3 Å². The molecule has 0 N–H and O–H groups in total. The zero-order valence-corrected chi connectivity index (χ0v) is 15.0. The maximum atomic E-state index is 10.9. The standard InChI is InChI=1S/C19H19N5O3/c1-13(25)26-11-17-3-2-16(27-17)10-24-5-4-18-15(9-24)8-22-19(23-18)14-6-20-12-21-7-14/h2-3,6-8,12H,4-5,9-11H2,1H3. The summed E-state index contributed by atoms with van der Waals surface area (Å²) < 4.78 is 10.7. The lowest BCUT2D eigenvalue weighted by molar-refractivity contribution is -0.142. The Morgan fingerprint density at radius 1 is 1.22 bits per heavy atom. The maximum Gasteiger partial charge on any atom is 0.303 e. The Morgan fingerprint density at radius 3 is 2.85 bits per heavy atom. The molecule has 0 saturated carbocycles. The van der Waals surface area contributed by atoms with Gasteiger partial charge in [-0.25, -0.2) is 19.9 Å². The van der Waals surface area contributed by atoms with Crippen molar-refractivity contribution in [3.63, 3.8) is 0 Å². The van der Waals surface area contributed by atoms with Crippen molar-refractivity contribution in [3.05, 3.63) is 59.8 Å². The third-order valence-corrected chi connectivity index (χ3v) is 4.35. The zero-order chi connectivity index (χ0) is 18.6. The number of ether oxygens (including phenoxy) is 1. The van der Waals surface area contributed by atoms with Gasteiger partial charge in [0.25, 0.3) is 0 Å². The van der Waals surface area contributed by atoms with Gasteiger partial charge in [-0.15, -0.1) is 0 Å². The van der Waals surface area contributed by atoms with Crippen LogP contribution < -0.4 is 0 Å². The largest absolute Gasteiger partial charge is 0.461 e. The fraction of sp³-hybridized carbons (Fsp3) is 0.316. The van der Waals surface area contributed by atoms with Gasteiger partial charge in [-0.1, -0.05) is 0 Å². The molecule has 0 aromatic carbocycles. The molecule has 1 aliphatic rings. The second-order valence-corrected chi connectivity index (χ2v) is 6.40. The van der Waals surface area contributed by atoms with Crippen LogP contribution in [0.4, 0.5) is 0 Å². The van der Waals surface area contributed by atoms with Gasteiger partial charge in [0.15, 0.2) is 5.82 Å². The summed E-state index contributed by atoms with van der Waals surface area (Å²) in [5, 5.41) is 0. The fourth-order valence-corrected chi connectivity index (χ4v) is 3.04. The number of carbonyl (C=O) groups is 1. The van der Waals surface area contributed by atoms with Crippen molar-refractivity contribution in [2.45, 2.75) is 33.0 Å². The van der Waals surface area contributed by atoms with E-state index < -0.39 is 0 Å². The Bertz CT molecular complexity index is 942. The lowest BCUT2D eigenvalue weighted by Gasteiger charge is -2.27. The Balaban J connectivity index is 1.41. The quantitative estimate of drug-likeness (QED) is 0.635. The summed E-state index contributed by atoms with van der Waals surface area (Å²) in [6, 6.07) is 3.76. The van der Waals surface area contributed by atoms with Gasteiger partial charge in [0, 0.05) is 50.6 Å². The van der Waals surface area contributed by atoms with Gasteiger partial charge in [-0.3, -0.25) is 9.69 Å². The van der Waals surface area contributed by atoms with Crippen molar-refractivity contribution in [1.29, 1.82) is 0 Å². The highest BCUT2D eigenvalue weighted by Gasteiger charge is 2.20. The summed E-state index contributed by atoms with van der Waals surface area (Å²) in [7, 11) is 0. The van der Waals surface area contributed by atoms with Crippen LogP contribution in [0.3, 0.4) is 0 Å². The number of hydrogen-bond donors (Lipinski definition) is 0. The highest BCUT2D eigenvalue weighted by Crippen LogP contribution is 2.22. The first-order valence-corrected chi connectivity index (χ1v) is 8.71. The van der Waals surface area contributed by atoms with Crippen molar-refractivity contribution in [3.8, 4) is 11.4 Å². The van der Waals surface area contributed by atoms with Crippen LogP contribution >= 0.6 is 0 Å². The van der Waals surface area contributed by atoms with E-state index in [9.17, 15) is 4.79 Å². The van der Waals surface area contributed by atoms with E-state index in [0.29, 0.717) is 18.1 Å².